The van der Waals surface area contributed by atoms with Gasteiger partial charge in [0.1, 0.15) is 0 Å². The minimum Gasteiger partial charge on any atom is -0.382 e. The van der Waals surface area contributed by atoms with Crippen molar-refractivity contribution in [1.29, 1.82) is 0 Å². The molecule has 1 aromatic rings. The van der Waals surface area contributed by atoms with Gasteiger partial charge in [0.25, 0.3) is 0 Å². The van der Waals surface area contributed by atoms with Gasteiger partial charge in [-0.2, -0.15) is 0 Å². The number of rotatable bonds is 7. The molecule has 0 radical (unpaired) electrons. The van der Waals surface area contributed by atoms with E-state index in [-0.39, 0.29) is 5.38 Å². The van der Waals surface area contributed by atoms with Crippen LogP contribution >= 0.6 is 11.6 Å². The number of benzene rings is 1. The highest BCUT2D eigenvalue weighted by molar-refractivity contribution is 6.21. The van der Waals surface area contributed by atoms with Gasteiger partial charge in [-0.25, -0.2) is 0 Å². The second-order valence-electron chi connectivity index (χ2n) is 5.50. The van der Waals surface area contributed by atoms with Crippen LogP contribution in [-0.2, 0) is 15.9 Å². The molecular formula is C17H25ClO2. The van der Waals surface area contributed by atoms with E-state index in [2.05, 4.69) is 24.3 Å². The van der Waals surface area contributed by atoms with Gasteiger partial charge in [0.05, 0.1) is 18.6 Å². The van der Waals surface area contributed by atoms with Gasteiger partial charge in [0.15, 0.2) is 0 Å². The molecule has 0 bridgehead atoms. The van der Waals surface area contributed by atoms with Crippen LogP contribution in [-0.4, -0.2) is 26.9 Å². The van der Waals surface area contributed by atoms with Crippen molar-refractivity contribution in [3.8, 4) is 0 Å². The molecule has 2 nitrogen and oxygen atoms in total. The van der Waals surface area contributed by atoms with Gasteiger partial charge in [-0.05, 0) is 49.1 Å². The topological polar surface area (TPSA) is 18.5 Å². The average molecular weight is 297 g/mol. The van der Waals surface area contributed by atoms with Crippen LogP contribution in [0.2, 0.25) is 0 Å². The lowest BCUT2D eigenvalue weighted by molar-refractivity contribution is 0.0670. The third-order valence-corrected chi connectivity index (χ3v) is 4.67. The number of fused-ring (bicyclic) bond motifs is 1. The lowest BCUT2D eigenvalue weighted by Crippen LogP contribution is -2.10. The smallest absolute Gasteiger partial charge is 0.0700 e. The summed E-state index contributed by atoms with van der Waals surface area (Å²) >= 11 is 6.72. The van der Waals surface area contributed by atoms with E-state index < -0.39 is 0 Å². The van der Waals surface area contributed by atoms with Crippen LogP contribution in [0.5, 0.6) is 0 Å². The lowest BCUT2D eigenvalue weighted by atomic mass is 9.92. The Kier molecular flexibility index (Phi) is 6.85. The van der Waals surface area contributed by atoms with Gasteiger partial charge in [-0.15, -0.1) is 11.6 Å². The Morgan fingerprint density at radius 2 is 2.05 bits per heavy atom. The van der Waals surface area contributed by atoms with E-state index in [0.717, 1.165) is 19.4 Å². The maximum atomic E-state index is 6.72. The molecule has 2 atom stereocenters. The summed E-state index contributed by atoms with van der Waals surface area (Å²) in [5, 5.41) is 0.160. The summed E-state index contributed by atoms with van der Waals surface area (Å²) in [6, 6.07) is 8.64. The predicted molar refractivity (Wildman–Crippen MR) is 83.4 cm³/mol. The zero-order valence-electron chi connectivity index (χ0n) is 12.3. The van der Waals surface area contributed by atoms with Gasteiger partial charge >= 0.3 is 0 Å². The van der Waals surface area contributed by atoms with E-state index in [1.165, 1.54) is 30.4 Å². The zero-order chi connectivity index (χ0) is 14.2. The Hall–Kier alpha value is -0.570. The summed E-state index contributed by atoms with van der Waals surface area (Å²) in [6.07, 6.45) is 5.87. The second-order valence-corrected chi connectivity index (χ2v) is 5.97. The number of hydrogen-bond acceptors (Lipinski definition) is 2. The summed E-state index contributed by atoms with van der Waals surface area (Å²) in [6.45, 7) is 2.17. The number of methoxy groups -OCH3 is 1. The Morgan fingerprint density at radius 3 is 2.90 bits per heavy atom. The largest absolute Gasteiger partial charge is 0.382 e. The Bertz CT molecular complexity index is 394. The van der Waals surface area contributed by atoms with E-state index >= 15 is 0 Å². The number of alkyl halides is 1. The SMILES string of the molecule is COCCOCCCC1CCCc2ccccc2C1Cl. The van der Waals surface area contributed by atoms with Crippen molar-refractivity contribution in [3.05, 3.63) is 35.4 Å². The first kappa shape index (κ1) is 15.8. The maximum Gasteiger partial charge on any atom is 0.0700 e. The molecule has 0 spiro atoms. The number of halogens is 1. The number of hydrogen-bond donors (Lipinski definition) is 0. The molecule has 2 rings (SSSR count). The van der Waals surface area contributed by atoms with Crippen molar-refractivity contribution < 1.29 is 9.47 Å². The standard InChI is InChI=1S/C17H25ClO2/c1-19-12-13-20-11-5-9-15-8-4-7-14-6-2-3-10-16(14)17(15)18/h2-3,6,10,15,17H,4-5,7-9,11-13H2,1H3. The van der Waals surface area contributed by atoms with Crippen LogP contribution in [0.15, 0.2) is 24.3 Å². The Balaban J connectivity index is 1.80. The molecule has 112 valence electrons. The molecule has 3 heteroatoms. The quantitative estimate of drug-likeness (QED) is 0.423. The number of ether oxygens (including phenoxy) is 2. The molecule has 0 fully saturated rings. The predicted octanol–water partition coefficient (Wildman–Crippen LogP) is 4.36. The fraction of sp³-hybridized carbons (Fsp3) is 0.647. The molecule has 0 saturated heterocycles. The van der Waals surface area contributed by atoms with Gasteiger partial charge in [0, 0.05) is 13.7 Å². The average Bonchev–Trinajstić information content (AvgIpc) is 2.63. The van der Waals surface area contributed by atoms with Crippen molar-refractivity contribution in [2.45, 2.75) is 37.5 Å². The molecule has 0 aromatic heterocycles. The molecule has 1 aliphatic carbocycles. The highest BCUT2D eigenvalue weighted by Gasteiger charge is 2.25. The molecule has 1 aliphatic rings. The van der Waals surface area contributed by atoms with Crippen LogP contribution in [0.3, 0.4) is 0 Å². The van der Waals surface area contributed by atoms with Gasteiger partial charge in [0.2, 0.25) is 0 Å². The van der Waals surface area contributed by atoms with Crippen molar-refractivity contribution in [2.75, 3.05) is 26.9 Å². The molecule has 0 amide bonds. The molecule has 2 unspecified atom stereocenters. The molecular weight excluding hydrogens is 272 g/mol. The lowest BCUT2D eigenvalue weighted by Gasteiger charge is -2.21. The highest BCUT2D eigenvalue weighted by atomic mass is 35.5. The van der Waals surface area contributed by atoms with E-state index in [9.17, 15) is 0 Å². The van der Waals surface area contributed by atoms with Crippen LogP contribution in [0.1, 0.15) is 42.2 Å². The highest BCUT2D eigenvalue weighted by Crippen LogP contribution is 2.39. The first-order chi connectivity index (χ1) is 9.83. The minimum absolute atomic E-state index is 0.160. The Labute approximate surface area is 127 Å². The monoisotopic (exact) mass is 296 g/mol. The third kappa shape index (κ3) is 4.47. The summed E-state index contributed by atoms with van der Waals surface area (Å²) in [5.74, 6) is 0.575. The van der Waals surface area contributed by atoms with E-state index in [1.807, 2.05) is 0 Å². The molecule has 0 saturated carbocycles. The summed E-state index contributed by atoms with van der Waals surface area (Å²) in [4.78, 5) is 0. The fourth-order valence-corrected chi connectivity index (χ4v) is 3.43. The van der Waals surface area contributed by atoms with Crippen LogP contribution in [0.4, 0.5) is 0 Å². The van der Waals surface area contributed by atoms with Gasteiger partial charge < -0.3 is 9.47 Å². The second kappa shape index (κ2) is 8.66. The maximum absolute atomic E-state index is 6.72. The van der Waals surface area contributed by atoms with Crippen LogP contribution < -0.4 is 0 Å². The minimum atomic E-state index is 0.160. The number of aryl methyl sites for hydroxylation is 1. The van der Waals surface area contributed by atoms with Crippen LogP contribution in [0.25, 0.3) is 0 Å². The van der Waals surface area contributed by atoms with Crippen LogP contribution in [0, 0.1) is 5.92 Å². The van der Waals surface area contributed by atoms with E-state index in [0.29, 0.717) is 19.1 Å². The normalized spacial score (nSPS) is 22.3. The van der Waals surface area contributed by atoms with Crippen molar-refractivity contribution in [3.63, 3.8) is 0 Å². The molecule has 20 heavy (non-hydrogen) atoms. The summed E-state index contributed by atoms with van der Waals surface area (Å²) < 4.78 is 10.5. The first-order valence-electron chi connectivity index (χ1n) is 7.61. The van der Waals surface area contributed by atoms with Gasteiger partial charge in [-0.1, -0.05) is 24.3 Å². The summed E-state index contributed by atoms with van der Waals surface area (Å²) in [7, 11) is 1.70. The Morgan fingerprint density at radius 1 is 1.20 bits per heavy atom. The molecule has 1 aromatic carbocycles. The molecule has 0 aliphatic heterocycles. The first-order valence-corrected chi connectivity index (χ1v) is 8.05. The van der Waals surface area contributed by atoms with Crippen molar-refractivity contribution >= 4 is 11.6 Å². The molecule has 0 N–H and O–H groups in total. The summed E-state index contributed by atoms with van der Waals surface area (Å²) in [5.41, 5.74) is 2.78. The van der Waals surface area contributed by atoms with E-state index in [1.54, 1.807) is 7.11 Å². The fourth-order valence-electron chi connectivity index (χ4n) is 2.97. The zero-order valence-corrected chi connectivity index (χ0v) is 13.1. The molecule has 0 heterocycles. The third-order valence-electron chi connectivity index (χ3n) is 4.08. The van der Waals surface area contributed by atoms with Gasteiger partial charge in [-0.3, -0.25) is 0 Å². The van der Waals surface area contributed by atoms with Crippen molar-refractivity contribution in [2.24, 2.45) is 5.92 Å². The van der Waals surface area contributed by atoms with Crippen molar-refractivity contribution in [1.82, 2.24) is 0 Å². The van der Waals surface area contributed by atoms with E-state index in [4.69, 9.17) is 21.1 Å².